The van der Waals surface area contributed by atoms with Crippen LogP contribution in [0.15, 0.2) is 85.3 Å². The molecule has 0 unspecified atom stereocenters. The fourth-order valence-corrected chi connectivity index (χ4v) is 4.05. The smallest absolute Gasteiger partial charge is 0.256 e. The normalized spacial score (nSPS) is 11.0. The number of anilines is 1. The van der Waals surface area contributed by atoms with Crippen LogP contribution in [-0.2, 0) is 6.61 Å². The van der Waals surface area contributed by atoms with Crippen molar-refractivity contribution in [3.63, 3.8) is 0 Å². The van der Waals surface area contributed by atoms with E-state index in [-0.39, 0.29) is 11.9 Å². The van der Waals surface area contributed by atoms with Gasteiger partial charge in [-0.1, -0.05) is 30.3 Å². The number of hydrogen-bond acceptors (Lipinski definition) is 6. The van der Waals surface area contributed by atoms with Gasteiger partial charge in [-0.05, 0) is 49.7 Å². The minimum atomic E-state index is -0.266. The second-order valence-electron chi connectivity index (χ2n) is 8.81. The van der Waals surface area contributed by atoms with Gasteiger partial charge in [0.05, 0.1) is 30.0 Å². The van der Waals surface area contributed by atoms with E-state index in [1.165, 1.54) is 0 Å². The first kappa shape index (κ1) is 24.0. The molecular formula is C29H27N5O3. The molecule has 3 aromatic heterocycles. The van der Waals surface area contributed by atoms with Crippen molar-refractivity contribution >= 4 is 22.6 Å². The van der Waals surface area contributed by atoms with Crippen molar-refractivity contribution in [1.29, 1.82) is 0 Å². The van der Waals surface area contributed by atoms with Gasteiger partial charge in [0.25, 0.3) is 5.91 Å². The summed E-state index contributed by atoms with van der Waals surface area (Å²) in [7, 11) is 1.58. The van der Waals surface area contributed by atoms with Gasteiger partial charge in [0.1, 0.15) is 6.61 Å². The van der Waals surface area contributed by atoms with E-state index in [1.807, 2.05) is 67.1 Å². The summed E-state index contributed by atoms with van der Waals surface area (Å²) in [5.74, 6) is 0.829. The third kappa shape index (κ3) is 5.13. The lowest BCUT2D eigenvalue weighted by atomic mass is 10.1. The standard InChI is InChI=1S/C29H27N5O3/c1-19(2)34-28-24(17-31-34)23(16-25(33-28)21-7-5-4-6-8-21)29(35)32-22-9-10-26(36-3)27(15-22)37-18-20-11-13-30-14-12-20/h4-17,19H,18H2,1-3H3,(H,32,35). The van der Waals surface area contributed by atoms with Crippen LogP contribution in [0.2, 0.25) is 0 Å². The van der Waals surface area contributed by atoms with Gasteiger partial charge in [-0.3, -0.25) is 9.78 Å². The first-order chi connectivity index (χ1) is 18.0. The summed E-state index contributed by atoms with van der Waals surface area (Å²) in [6.45, 7) is 4.41. The average Bonchev–Trinajstić information content (AvgIpc) is 3.37. The molecule has 8 nitrogen and oxygen atoms in total. The highest BCUT2D eigenvalue weighted by molar-refractivity contribution is 6.12. The quantitative estimate of drug-likeness (QED) is 0.289. The molecule has 2 aromatic carbocycles. The molecule has 5 rings (SSSR count). The van der Waals surface area contributed by atoms with Gasteiger partial charge >= 0.3 is 0 Å². The molecule has 0 fully saturated rings. The van der Waals surface area contributed by atoms with Crippen LogP contribution in [0, 0.1) is 0 Å². The van der Waals surface area contributed by atoms with Crippen molar-refractivity contribution in [2.45, 2.75) is 26.5 Å². The number of nitrogens with one attached hydrogen (secondary N) is 1. The maximum Gasteiger partial charge on any atom is 0.256 e. The Hall–Kier alpha value is -4.72. The van der Waals surface area contributed by atoms with Crippen LogP contribution in [0.4, 0.5) is 5.69 Å². The summed E-state index contributed by atoms with van der Waals surface area (Å²) in [5, 5.41) is 8.20. The number of methoxy groups -OCH3 is 1. The van der Waals surface area contributed by atoms with E-state index in [0.717, 1.165) is 11.1 Å². The largest absolute Gasteiger partial charge is 0.493 e. The molecule has 0 saturated carbocycles. The molecule has 5 aromatic rings. The monoisotopic (exact) mass is 493 g/mol. The zero-order chi connectivity index (χ0) is 25.8. The van der Waals surface area contributed by atoms with E-state index in [4.69, 9.17) is 14.5 Å². The number of pyridine rings is 2. The van der Waals surface area contributed by atoms with Gasteiger partial charge in [0.15, 0.2) is 17.1 Å². The van der Waals surface area contributed by atoms with Crippen molar-refractivity contribution < 1.29 is 14.3 Å². The van der Waals surface area contributed by atoms with Gasteiger partial charge in [-0.25, -0.2) is 9.67 Å². The zero-order valence-electron chi connectivity index (χ0n) is 20.9. The van der Waals surface area contributed by atoms with Gasteiger partial charge in [0, 0.05) is 35.8 Å². The number of rotatable bonds is 8. The first-order valence-corrected chi connectivity index (χ1v) is 12.0. The van der Waals surface area contributed by atoms with E-state index >= 15 is 0 Å². The summed E-state index contributed by atoms with van der Waals surface area (Å²) in [4.78, 5) is 22.5. The minimum Gasteiger partial charge on any atom is -0.493 e. The van der Waals surface area contributed by atoms with Crippen LogP contribution >= 0.6 is 0 Å². The van der Waals surface area contributed by atoms with E-state index < -0.39 is 0 Å². The maximum atomic E-state index is 13.6. The second-order valence-corrected chi connectivity index (χ2v) is 8.81. The van der Waals surface area contributed by atoms with Crippen molar-refractivity contribution in [3.8, 4) is 22.8 Å². The van der Waals surface area contributed by atoms with Crippen LogP contribution in [-0.4, -0.2) is 32.8 Å². The summed E-state index contributed by atoms with van der Waals surface area (Å²) >= 11 is 0. The van der Waals surface area contributed by atoms with Crippen LogP contribution in [0.5, 0.6) is 11.5 Å². The summed E-state index contributed by atoms with van der Waals surface area (Å²) in [6.07, 6.45) is 5.13. The maximum absolute atomic E-state index is 13.6. The molecule has 0 aliphatic carbocycles. The van der Waals surface area contributed by atoms with Crippen molar-refractivity contribution in [1.82, 2.24) is 19.7 Å². The third-order valence-electron chi connectivity index (χ3n) is 5.94. The van der Waals surface area contributed by atoms with Crippen LogP contribution < -0.4 is 14.8 Å². The minimum absolute atomic E-state index is 0.0913. The molecule has 3 heterocycles. The van der Waals surface area contributed by atoms with Gasteiger partial charge in [-0.2, -0.15) is 5.10 Å². The molecule has 0 bridgehead atoms. The molecule has 186 valence electrons. The van der Waals surface area contributed by atoms with Gasteiger partial charge < -0.3 is 14.8 Å². The molecule has 0 aliphatic heterocycles. The molecule has 0 radical (unpaired) electrons. The molecule has 37 heavy (non-hydrogen) atoms. The summed E-state index contributed by atoms with van der Waals surface area (Å²) < 4.78 is 13.3. The number of carbonyl (C=O) groups excluding carboxylic acids is 1. The molecule has 1 N–H and O–H groups in total. The van der Waals surface area contributed by atoms with Crippen LogP contribution in [0.25, 0.3) is 22.3 Å². The SMILES string of the molecule is COc1ccc(NC(=O)c2cc(-c3ccccc3)nc3c2cnn3C(C)C)cc1OCc1ccncc1. The van der Waals surface area contributed by atoms with E-state index in [2.05, 4.69) is 15.4 Å². The lowest BCUT2D eigenvalue weighted by Gasteiger charge is -2.14. The molecule has 1 amide bonds. The molecule has 0 saturated heterocycles. The fourth-order valence-electron chi connectivity index (χ4n) is 4.05. The number of nitrogens with zero attached hydrogens (tertiary/aromatic N) is 4. The number of carbonyl (C=O) groups is 1. The number of fused-ring (bicyclic) bond motifs is 1. The summed E-state index contributed by atoms with van der Waals surface area (Å²) in [6, 6.07) is 20.8. The Morgan fingerprint density at radius 3 is 2.51 bits per heavy atom. The topological polar surface area (TPSA) is 91.2 Å². The Morgan fingerprint density at radius 2 is 1.78 bits per heavy atom. The van der Waals surface area contributed by atoms with E-state index in [9.17, 15) is 4.79 Å². The fraction of sp³-hybridized carbons (Fsp3) is 0.172. The number of benzene rings is 2. The number of hydrogen-bond donors (Lipinski definition) is 1. The van der Waals surface area contributed by atoms with Gasteiger partial charge in [0.2, 0.25) is 0 Å². The molecule has 0 spiro atoms. The Bertz CT molecular complexity index is 1530. The third-order valence-corrected chi connectivity index (χ3v) is 5.94. The number of aromatic nitrogens is 4. The van der Waals surface area contributed by atoms with Gasteiger partial charge in [-0.15, -0.1) is 0 Å². The summed E-state index contributed by atoms with van der Waals surface area (Å²) in [5.41, 5.74) is 4.34. The lowest BCUT2D eigenvalue weighted by molar-refractivity contribution is 0.102. The molecule has 0 aliphatic rings. The molecule has 0 atom stereocenters. The zero-order valence-corrected chi connectivity index (χ0v) is 20.9. The number of ether oxygens (including phenoxy) is 2. The molecule has 8 heteroatoms. The highest BCUT2D eigenvalue weighted by Crippen LogP contribution is 2.32. The van der Waals surface area contributed by atoms with Crippen LogP contribution in [0.3, 0.4) is 0 Å². The first-order valence-electron chi connectivity index (χ1n) is 12.0. The second kappa shape index (κ2) is 10.5. The Morgan fingerprint density at radius 1 is 1.00 bits per heavy atom. The van der Waals surface area contributed by atoms with Crippen molar-refractivity contribution in [2.24, 2.45) is 0 Å². The Labute approximate surface area is 214 Å². The van der Waals surface area contributed by atoms with Crippen molar-refractivity contribution in [3.05, 3.63) is 96.4 Å². The molecular weight excluding hydrogens is 466 g/mol. The number of amides is 1. The van der Waals surface area contributed by atoms with E-state index in [0.29, 0.717) is 46.1 Å². The highest BCUT2D eigenvalue weighted by Gasteiger charge is 2.19. The highest BCUT2D eigenvalue weighted by atomic mass is 16.5. The average molecular weight is 494 g/mol. The van der Waals surface area contributed by atoms with E-state index in [1.54, 1.807) is 43.9 Å². The Balaban J connectivity index is 1.48. The van der Waals surface area contributed by atoms with Crippen molar-refractivity contribution in [2.75, 3.05) is 12.4 Å². The van der Waals surface area contributed by atoms with Crippen LogP contribution in [0.1, 0.15) is 35.8 Å². The lowest BCUT2D eigenvalue weighted by Crippen LogP contribution is -2.13. The predicted octanol–water partition coefficient (Wildman–Crippen LogP) is 5.91. The Kier molecular flexibility index (Phi) is 6.81. The predicted molar refractivity (Wildman–Crippen MR) is 143 cm³/mol.